The number of aliphatic hydroxyl groups excluding tert-OH is 1. The van der Waals surface area contributed by atoms with Gasteiger partial charge in [-0.15, -0.1) is 11.3 Å². The Balaban J connectivity index is 2.44. The number of sulfonamides is 1. The van der Waals surface area contributed by atoms with Gasteiger partial charge in [-0.3, -0.25) is 4.72 Å². The smallest absolute Gasteiger partial charge is 0.264 e. The highest BCUT2D eigenvalue weighted by Crippen LogP contribution is 2.34. The number of anilines is 1. The molecule has 0 unspecified atom stereocenters. The van der Waals surface area contributed by atoms with Crippen LogP contribution in [0.25, 0.3) is 0 Å². The average molecular weight is 419 g/mol. The zero-order chi connectivity index (χ0) is 15.8. The first kappa shape index (κ1) is 16.6. The molecule has 0 saturated carbocycles. The van der Waals surface area contributed by atoms with Crippen molar-refractivity contribution in [3.05, 3.63) is 43.5 Å². The second-order valence-electron chi connectivity index (χ2n) is 3.86. The van der Waals surface area contributed by atoms with Crippen LogP contribution in [0.4, 0.5) is 14.5 Å². The summed E-state index contributed by atoms with van der Waals surface area (Å²) in [6.45, 7) is -0.329. The molecule has 10 heteroatoms. The topological polar surface area (TPSA) is 66.4 Å². The van der Waals surface area contributed by atoms with E-state index >= 15 is 0 Å². The minimum atomic E-state index is -4.14. The van der Waals surface area contributed by atoms with Crippen molar-refractivity contribution in [3.8, 4) is 0 Å². The van der Waals surface area contributed by atoms with Gasteiger partial charge in [-0.05, 0) is 28.1 Å². The lowest BCUT2D eigenvalue weighted by Gasteiger charge is -2.10. The molecule has 114 valence electrons. The van der Waals surface area contributed by atoms with Crippen LogP contribution in [0.1, 0.15) is 4.88 Å². The van der Waals surface area contributed by atoms with E-state index in [1.165, 1.54) is 6.07 Å². The van der Waals surface area contributed by atoms with E-state index in [-0.39, 0.29) is 15.3 Å². The Kier molecular flexibility index (Phi) is 4.89. The van der Waals surface area contributed by atoms with Gasteiger partial charge in [0.15, 0.2) is 5.82 Å². The van der Waals surface area contributed by atoms with Crippen molar-refractivity contribution in [2.24, 2.45) is 0 Å². The summed E-state index contributed by atoms with van der Waals surface area (Å²) in [5.74, 6) is -2.04. The summed E-state index contributed by atoms with van der Waals surface area (Å²) in [6.07, 6.45) is 0. The quantitative estimate of drug-likeness (QED) is 0.795. The summed E-state index contributed by atoms with van der Waals surface area (Å²) < 4.78 is 53.2. The fraction of sp³-hybridized carbons (Fsp3) is 0.0909. The molecule has 1 aromatic carbocycles. The van der Waals surface area contributed by atoms with Gasteiger partial charge in [0.25, 0.3) is 10.0 Å². The Morgan fingerprint density at radius 2 is 2.00 bits per heavy atom. The molecule has 1 aromatic heterocycles. The second-order valence-corrected chi connectivity index (χ2v) is 8.37. The van der Waals surface area contributed by atoms with Gasteiger partial charge in [-0.2, -0.15) is 0 Å². The Bertz CT molecular complexity index is 772. The molecular weight excluding hydrogens is 412 g/mol. The molecule has 2 N–H and O–H groups in total. The molecule has 0 saturated heterocycles. The van der Waals surface area contributed by atoms with Crippen LogP contribution < -0.4 is 4.72 Å². The number of aliphatic hydroxyl groups is 1. The highest BCUT2D eigenvalue weighted by atomic mass is 79.9. The molecule has 2 rings (SSSR count). The molecule has 0 radical (unpaired) electrons. The largest absolute Gasteiger partial charge is 0.391 e. The molecule has 0 aliphatic carbocycles. The molecule has 0 atom stereocenters. The fourth-order valence-corrected chi connectivity index (χ4v) is 5.42. The number of thiophene rings is 1. The first-order chi connectivity index (χ1) is 9.74. The summed E-state index contributed by atoms with van der Waals surface area (Å²) in [4.78, 5) is 0.240. The maximum Gasteiger partial charge on any atom is 0.264 e. The fourth-order valence-electron chi connectivity index (χ4n) is 1.49. The monoisotopic (exact) mass is 417 g/mol. The minimum Gasteiger partial charge on any atom is -0.391 e. The van der Waals surface area contributed by atoms with Crippen LogP contribution in [-0.4, -0.2) is 13.5 Å². The lowest BCUT2D eigenvalue weighted by atomic mass is 10.3. The Hall–Kier alpha value is -0.740. The first-order valence-corrected chi connectivity index (χ1v) is 8.78. The standard InChI is InChI=1S/C11H7BrClF2NO3S2/c12-11-9(3-6(4-17)20-11)21(18,19)16-10-7(13)1-5(14)2-8(10)15/h1-3,16-17H,4H2. The first-order valence-electron chi connectivity index (χ1n) is 5.31. The van der Waals surface area contributed by atoms with E-state index in [1.54, 1.807) is 0 Å². The van der Waals surface area contributed by atoms with Crippen LogP contribution in [-0.2, 0) is 16.6 Å². The van der Waals surface area contributed by atoms with E-state index in [0.717, 1.165) is 17.4 Å². The highest BCUT2D eigenvalue weighted by molar-refractivity contribution is 9.11. The lowest BCUT2D eigenvalue weighted by molar-refractivity contribution is 0.285. The molecule has 4 nitrogen and oxygen atoms in total. The molecule has 0 fully saturated rings. The second kappa shape index (κ2) is 6.17. The predicted octanol–water partition coefficient (Wildman–Crippen LogP) is 3.74. The zero-order valence-corrected chi connectivity index (χ0v) is 14.0. The van der Waals surface area contributed by atoms with Crippen molar-refractivity contribution < 1.29 is 22.3 Å². The van der Waals surface area contributed by atoms with Crippen molar-refractivity contribution in [2.75, 3.05) is 4.72 Å². The molecule has 21 heavy (non-hydrogen) atoms. The maximum atomic E-state index is 13.6. The third-order valence-corrected chi connectivity index (χ3v) is 6.28. The van der Waals surface area contributed by atoms with Gasteiger partial charge in [0.2, 0.25) is 0 Å². The Morgan fingerprint density at radius 1 is 1.33 bits per heavy atom. The third-order valence-electron chi connectivity index (χ3n) is 2.40. The third kappa shape index (κ3) is 3.54. The summed E-state index contributed by atoms with van der Waals surface area (Å²) in [6, 6.07) is 2.56. The average Bonchev–Trinajstić information content (AvgIpc) is 2.76. The van der Waals surface area contributed by atoms with Crippen LogP contribution in [0, 0.1) is 11.6 Å². The van der Waals surface area contributed by atoms with Gasteiger partial charge >= 0.3 is 0 Å². The highest BCUT2D eigenvalue weighted by Gasteiger charge is 2.23. The van der Waals surface area contributed by atoms with Crippen molar-refractivity contribution >= 4 is 54.6 Å². The molecule has 0 amide bonds. The van der Waals surface area contributed by atoms with Crippen molar-refractivity contribution in [2.45, 2.75) is 11.5 Å². The predicted molar refractivity (Wildman–Crippen MR) is 80.1 cm³/mol. The van der Waals surface area contributed by atoms with Gasteiger partial charge in [0, 0.05) is 10.9 Å². The van der Waals surface area contributed by atoms with Crippen LogP contribution in [0.2, 0.25) is 5.02 Å². The van der Waals surface area contributed by atoms with Gasteiger partial charge in [0.05, 0.1) is 15.4 Å². The van der Waals surface area contributed by atoms with Crippen LogP contribution in [0.3, 0.4) is 0 Å². The van der Waals surface area contributed by atoms with Gasteiger partial charge in [-0.25, -0.2) is 17.2 Å². The molecule has 0 aliphatic heterocycles. The normalized spacial score (nSPS) is 11.7. The minimum absolute atomic E-state index is 0.170. The van der Waals surface area contributed by atoms with Crippen LogP contribution >= 0.6 is 38.9 Å². The van der Waals surface area contributed by atoms with E-state index in [2.05, 4.69) is 15.9 Å². The Labute approximate surface area is 136 Å². The zero-order valence-electron chi connectivity index (χ0n) is 10.0. The summed E-state index contributed by atoms with van der Waals surface area (Å²) in [7, 11) is -4.14. The Morgan fingerprint density at radius 3 is 2.52 bits per heavy atom. The molecule has 0 spiro atoms. The molecule has 0 bridgehead atoms. The SMILES string of the molecule is O=S(=O)(Nc1c(F)cc(F)cc1Cl)c1cc(CO)sc1Br. The van der Waals surface area contributed by atoms with Crippen molar-refractivity contribution in [1.82, 2.24) is 0 Å². The number of rotatable bonds is 4. The molecule has 0 aliphatic rings. The molecular formula is C11H7BrClF2NO3S2. The number of hydrogen-bond donors (Lipinski definition) is 2. The van der Waals surface area contributed by atoms with Gasteiger partial charge < -0.3 is 5.11 Å². The summed E-state index contributed by atoms with van der Waals surface area (Å²) in [5.41, 5.74) is -0.540. The van der Waals surface area contributed by atoms with Crippen LogP contribution in [0.5, 0.6) is 0 Å². The number of hydrogen-bond acceptors (Lipinski definition) is 4. The van der Waals surface area contributed by atoms with Crippen LogP contribution in [0.15, 0.2) is 26.9 Å². The van der Waals surface area contributed by atoms with E-state index in [0.29, 0.717) is 10.9 Å². The number of benzene rings is 1. The van der Waals surface area contributed by atoms with E-state index < -0.39 is 32.4 Å². The van der Waals surface area contributed by atoms with Gasteiger partial charge in [0.1, 0.15) is 16.4 Å². The van der Waals surface area contributed by atoms with E-state index in [9.17, 15) is 17.2 Å². The number of halogens is 4. The molecule has 2 aromatic rings. The summed E-state index contributed by atoms with van der Waals surface area (Å²) >= 11 is 9.73. The van der Waals surface area contributed by atoms with Crippen molar-refractivity contribution in [1.29, 1.82) is 0 Å². The number of nitrogens with one attached hydrogen (secondary N) is 1. The van der Waals surface area contributed by atoms with Gasteiger partial charge in [-0.1, -0.05) is 11.6 Å². The van der Waals surface area contributed by atoms with Crippen molar-refractivity contribution in [3.63, 3.8) is 0 Å². The molecule has 1 heterocycles. The van der Waals surface area contributed by atoms with E-state index in [4.69, 9.17) is 16.7 Å². The maximum absolute atomic E-state index is 13.6. The van der Waals surface area contributed by atoms with E-state index in [1.807, 2.05) is 4.72 Å². The lowest BCUT2D eigenvalue weighted by Crippen LogP contribution is -2.14. The summed E-state index contributed by atoms with van der Waals surface area (Å²) in [5, 5.41) is 8.60.